The van der Waals surface area contributed by atoms with Crippen LogP contribution in [0.15, 0.2) is 30.6 Å². The van der Waals surface area contributed by atoms with Crippen LogP contribution < -0.4 is 15.0 Å². The van der Waals surface area contributed by atoms with E-state index < -0.39 is 11.6 Å². The molecule has 4 heterocycles. The van der Waals surface area contributed by atoms with Gasteiger partial charge in [0.2, 0.25) is 0 Å². The molecule has 0 saturated heterocycles. The van der Waals surface area contributed by atoms with Gasteiger partial charge < -0.3 is 15.0 Å². The summed E-state index contributed by atoms with van der Waals surface area (Å²) in [6, 6.07) is 5.28. The maximum Gasteiger partial charge on any atom is 0.178 e. The molecule has 166 valence electrons. The molecule has 0 aliphatic carbocycles. The predicted molar refractivity (Wildman–Crippen MR) is 118 cm³/mol. The molecule has 0 spiro atoms. The van der Waals surface area contributed by atoms with Gasteiger partial charge in [0.15, 0.2) is 17.4 Å². The van der Waals surface area contributed by atoms with E-state index in [1.807, 2.05) is 20.0 Å². The van der Waals surface area contributed by atoms with Gasteiger partial charge in [-0.3, -0.25) is 4.98 Å². The van der Waals surface area contributed by atoms with Gasteiger partial charge >= 0.3 is 0 Å². The first-order chi connectivity index (χ1) is 15.5. The van der Waals surface area contributed by atoms with Gasteiger partial charge in [0.1, 0.15) is 18.1 Å². The molecule has 32 heavy (non-hydrogen) atoms. The number of anilines is 1. The van der Waals surface area contributed by atoms with Crippen LogP contribution in [0.4, 0.5) is 14.5 Å². The van der Waals surface area contributed by atoms with Crippen LogP contribution in [-0.2, 0) is 19.4 Å². The molecule has 2 aromatic heterocycles. The van der Waals surface area contributed by atoms with E-state index in [4.69, 9.17) is 4.74 Å². The summed E-state index contributed by atoms with van der Waals surface area (Å²) in [4.78, 5) is 15.2. The molecule has 0 amide bonds. The molecule has 0 bridgehead atoms. The van der Waals surface area contributed by atoms with Gasteiger partial charge in [-0.2, -0.15) is 0 Å². The van der Waals surface area contributed by atoms with Crippen molar-refractivity contribution in [3.8, 4) is 17.0 Å². The van der Waals surface area contributed by atoms with Crippen LogP contribution in [0.1, 0.15) is 36.5 Å². The number of nitrogens with zero attached hydrogens (tertiary/aromatic N) is 4. The van der Waals surface area contributed by atoms with E-state index >= 15 is 0 Å². The maximum atomic E-state index is 14.9. The predicted octanol–water partition coefficient (Wildman–Crippen LogP) is 3.66. The highest BCUT2D eigenvalue weighted by Crippen LogP contribution is 2.39. The Morgan fingerprint density at radius 3 is 2.84 bits per heavy atom. The summed E-state index contributed by atoms with van der Waals surface area (Å²) in [5, 5.41) is 3.34. The number of benzene rings is 1. The third kappa shape index (κ3) is 3.90. The van der Waals surface area contributed by atoms with Crippen LogP contribution in [0.2, 0.25) is 0 Å². The molecule has 2 aliphatic heterocycles. The first-order valence-electron chi connectivity index (χ1n) is 10.9. The smallest absolute Gasteiger partial charge is 0.178 e. The summed E-state index contributed by atoms with van der Waals surface area (Å²) in [5.41, 5.74) is 4.30. The first-order valence-corrected chi connectivity index (χ1v) is 10.9. The van der Waals surface area contributed by atoms with Crippen molar-refractivity contribution in [2.45, 2.75) is 39.3 Å². The quantitative estimate of drug-likeness (QED) is 0.672. The largest absolute Gasteiger partial charge is 0.486 e. The van der Waals surface area contributed by atoms with Gasteiger partial charge in [-0.15, -0.1) is 0 Å². The number of ether oxygens (including phenoxy) is 1. The lowest BCUT2D eigenvalue weighted by Gasteiger charge is -2.34. The van der Waals surface area contributed by atoms with Crippen LogP contribution in [-0.4, -0.2) is 40.7 Å². The van der Waals surface area contributed by atoms with Crippen molar-refractivity contribution in [3.63, 3.8) is 0 Å². The summed E-state index contributed by atoms with van der Waals surface area (Å²) >= 11 is 0. The van der Waals surface area contributed by atoms with E-state index in [-0.39, 0.29) is 17.5 Å². The van der Waals surface area contributed by atoms with Crippen molar-refractivity contribution in [1.29, 1.82) is 0 Å². The van der Waals surface area contributed by atoms with Crippen molar-refractivity contribution in [3.05, 3.63) is 64.9 Å². The molecule has 3 aromatic rings. The summed E-state index contributed by atoms with van der Waals surface area (Å²) in [6.45, 7) is 6.84. The number of halogens is 2. The molecule has 0 radical (unpaired) electrons. The van der Waals surface area contributed by atoms with Crippen molar-refractivity contribution >= 4 is 5.69 Å². The van der Waals surface area contributed by atoms with Crippen LogP contribution in [0, 0.1) is 11.6 Å². The standard InChI is InChI=1S/C24H25F2N5O/c1-14(2)31-5-6-32-24-18(25)9-16(10-21(24)31)23-19(26)13-29-22(30-23)8-15-7-17-12-27-4-3-20(17)28-11-15/h7,9-11,13-14,27H,3-6,8,12H2,1-2H3. The van der Waals surface area contributed by atoms with E-state index in [1.165, 1.54) is 11.6 Å². The zero-order valence-corrected chi connectivity index (χ0v) is 18.2. The van der Waals surface area contributed by atoms with Gasteiger partial charge in [0, 0.05) is 49.4 Å². The van der Waals surface area contributed by atoms with E-state index in [2.05, 4.69) is 31.2 Å². The Morgan fingerprint density at radius 1 is 1.12 bits per heavy atom. The van der Waals surface area contributed by atoms with Crippen molar-refractivity contribution in [2.75, 3.05) is 24.6 Å². The van der Waals surface area contributed by atoms with Crippen LogP contribution in [0.5, 0.6) is 5.75 Å². The molecule has 2 aliphatic rings. The molecule has 8 heteroatoms. The third-order valence-corrected chi connectivity index (χ3v) is 5.94. The average Bonchev–Trinajstić information content (AvgIpc) is 2.79. The van der Waals surface area contributed by atoms with Gasteiger partial charge in [0.05, 0.1) is 18.4 Å². The number of hydrogen-bond donors (Lipinski definition) is 1. The van der Waals surface area contributed by atoms with Crippen LogP contribution in [0.25, 0.3) is 11.3 Å². The van der Waals surface area contributed by atoms with E-state index in [0.717, 1.165) is 37.0 Å². The normalized spacial score (nSPS) is 15.3. The van der Waals surface area contributed by atoms with Gasteiger partial charge in [-0.25, -0.2) is 18.7 Å². The van der Waals surface area contributed by atoms with Gasteiger partial charge in [0.25, 0.3) is 0 Å². The van der Waals surface area contributed by atoms with Gasteiger partial charge in [-0.05, 0) is 37.1 Å². The van der Waals surface area contributed by atoms with E-state index in [1.54, 1.807) is 6.07 Å². The Bertz CT molecular complexity index is 1170. The highest BCUT2D eigenvalue weighted by Gasteiger charge is 2.25. The van der Waals surface area contributed by atoms with Crippen molar-refractivity contribution in [2.24, 2.45) is 0 Å². The fourth-order valence-corrected chi connectivity index (χ4v) is 4.34. The molecule has 0 atom stereocenters. The molecule has 1 N–H and O–H groups in total. The Labute approximate surface area is 185 Å². The fourth-order valence-electron chi connectivity index (χ4n) is 4.34. The summed E-state index contributed by atoms with van der Waals surface area (Å²) < 4.78 is 35.1. The Balaban J connectivity index is 1.49. The SMILES string of the molecule is CC(C)N1CCOc2c(F)cc(-c3nc(Cc4cnc5c(c4)CNCC5)ncc3F)cc21. The number of nitrogens with one attached hydrogen (secondary N) is 1. The molecule has 6 nitrogen and oxygen atoms in total. The molecule has 1 aromatic carbocycles. The Hall–Kier alpha value is -3.13. The monoisotopic (exact) mass is 437 g/mol. The molecular formula is C24H25F2N5O. The van der Waals surface area contributed by atoms with Crippen LogP contribution in [0.3, 0.4) is 0 Å². The lowest BCUT2D eigenvalue weighted by Crippen LogP contribution is -2.38. The minimum absolute atomic E-state index is 0.0820. The first kappa shape index (κ1) is 20.8. The highest BCUT2D eigenvalue weighted by atomic mass is 19.1. The zero-order valence-electron chi connectivity index (χ0n) is 18.2. The maximum absolute atomic E-state index is 14.9. The van der Waals surface area contributed by atoms with E-state index in [0.29, 0.717) is 36.6 Å². The lowest BCUT2D eigenvalue weighted by molar-refractivity contribution is 0.287. The van der Waals surface area contributed by atoms with Crippen molar-refractivity contribution in [1.82, 2.24) is 20.3 Å². The number of fused-ring (bicyclic) bond motifs is 2. The number of pyridine rings is 1. The molecule has 0 fully saturated rings. The lowest BCUT2D eigenvalue weighted by atomic mass is 10.0. The fraction of sp³-hybridized carbons (Fsp3) is 0.375. The molecular weight excluding hydrogens is 412 g/mol. The van der Waals surface area contributed by atoms with E-state index in [9.17, 15) is 8.78 Å². The van der Waals surface area contributed by atoms with Crippen molar-refractivity contribution < 1.29 is 13.5 Å². The molecule has 0 unspecified atom stereocenters. The molecule has 5 rings (SSSR count). The Kier molecular flexibility index (Phi) is 5.46. The number of rotatable bonds is 4. The third-order valence-electron chi connectivity index (χ3n) is 5.94. The minimum atomic E-state index is -0.589. The summed E-state index contributed by atoms with van der Waals surface area (Å²) in [6.07, 6.45) is 4.31. The second-order valence-electron chi connectivity index (χ2n) is 8.48. The zero-order chi connectivity index (χ0) is 22.2. The average molecular weight is 437 g/mol. The second-order valence-corrected chi connectivity index (χ2v) is 8.48. The summed E-state index contributed by atoms with van der Waals surface area (Å²) in [7, 11) is 0. The number of aromatic nitrogens is 3. The number of hydrogen-bond acceptors (Lipinski definition) is 6. The Morgan fingerprint density at radius 2 is 2.00 bits per heavy atom. The highest BCUT2D eigenvalue weighted by molar-refractivity contribution is 5.72. The summed E-state index contributed by atoms with van der Waals surface area (Å²) in [5.74, 6) is -0.443. The van der Waals surface area contributed by atoms with Gasteiger partial charge in [-0.1, -0.05) is 6.07 Å². The topological polar surface area (TPSA) is 63.2 Å². The second kappa shape index (κ2) is 8.43. The van der Waals surface area contributed by atoms with Crippen LogP contribution >= 0.6 is 0 Å². The minimum Gasteiger partial charge on any atom is -0.486 e. The molecule has 0 saturated carbocycles.